The number of carbonyl (C=O) groups excluding carboxylic acids is 3. The van der Waals surface area contributed by atoms with Crippen molar-refractivity contribution in [3.8, 4) is 23.0 Å². The molecular formula is C36H44O10. The minimum Gasteiger partial charge on any atom is -0.493 e. The average Bonchev–Trinajstić information content (AvgIpc) is 3.08. The van der Waals surface area contributed by atoms with Crippen molar-refractivity contribution in [2.45, 2.75) is 70.9 Å². The second kappa shape index (κ2) is 18.1. The third kappa shape index (κ3) is 10.5. The Labute approximate surface area is 270 Å². The van der Waals surface area contributed by atoms with E-state index in [9.17, 15) is 14.4 Å². The number of ether oxygens (including phenoxy) is 7. The first-order valence-corrected chi connectivity index (χ1v) is 15.9. The standard InChI is InChI=1S/C36H44O10/c1-4-42-34(39)20-15-27(28(37)16-11-25-13-18-30(32(23-25)40-2)45-35-9-5-7-21-43-35)29(38)17-12-26-14-19-31(33(24-26)41-3)46-36-10-6-8-22-44-36/h11-14,16-19,23-24,27,35-36H,4-10,15,20-22H2,1-3H3/b16-11+,17-12+. The highest BCUT2D eigenvalue weighted by atomic mass is 16.7. The summed E-state index contributed by atoms with van der Waals surface area (Å²) in [5.41, 5.74) is 1.37. The van der Waals surface area contributed by atoms with Gasteiger partial charge in [-0.05, 0) is 86.6 Å². The molecule has 0 amide bonds. The van der Waals surface area contributed by atoms with E-state index in [1.54, 1.807) is 69.7 Å². The third-order valence-electron chi connectivity index (χ3n) is 7.68. The monoisotopic (exact) mass is 636 g/mol. The molecule has 46 heavy (non-hydrogen) atoms. The van der Waals surface area contributed by atoms with Gasteiger partial charge in [0.1, 0.15) is 0 Å². The molecule has 2 aromatic carbocycles. The van der Waals surface area contributed by atoms with E-state index in [-0.39, 0.29) is 32.0 Å². The summed E-state index contributed by atoms with van der Waals surface area (Å²) in [6.07, 6.45) is 10.9. The van der Waals surface area contributed by atoms with Crippen molar-refractivity contribution in [2.24, 2.45) is 5.92 Å². The van der Waals surface area contributed by atoms with E-state index in [2.05, 4.69) is 0 Å². The number of rotatable bonds is 16. The van der Waals surface area contributed by atoms with Crippen LogP contribution in [0.5, 0.6) is 23.0 Å². The molecule has 0 aromatic heterocycles. The van der Waals surface area contributed by atoms with Crippen LogP contribution in [0.15, 0.2) is 48.6 Å². The van der Waals surface area contributed by atoms with Gasteiger partial charge in [-0.15, -0.1) is 0 Å². The van der Waals surface area contributed by atoms with Crippen molar-refractivity contribution in [2.75, 3.05) is 34.0 Å². The van der Waals surface area contributed by atoms with Gasteiger partial charge in [0.05, 0.1) is 40.0 Å². The number of hydrogen-bond donors (Lipinski definition) is 0. The van der Waals surface area contributed by atoms with Gasteiger partial charge in [0, 0.05) is 19.3 Å². The number of ketones is 2. The molecule has 0 N–H and O–H groups in total. The first-order chi connectivity index (χ1) is 22.4. The fraction of sp³-hybridized carbons (Fsp3) is 0.472. The molecule has 4 rings (SSSR count). The van der Waals surface area contributed by atoms with E-state index in [1.165, 1.54) is 12.2 Å². The van der Waals surface area contributed by atoms with Crippen LogP contribution in [0.3, 0.4) is 0 Å². The Balaban J connectivity index is 1.45. The molecule has 2 atom stereocenters. The molecule has 2 unspecified atom stereocenters. The van der Waals surface area contributed by atoms with Gasteiger partial charge in [0.2, 0.25) is 0 Å². The Morgan fingerprint density at radius 2 is 1.26 bits per heavy atom. The molecule has 10 nitrogen and oxygen atoms in total. The van der Waals surface area contributed by atoms with Crippen LogP contribution in [0.1, 0.15) is 69.4 Å². The molecule has 2 fully saturated rings. The molecule has 0 bridgehead atoms. The minimum absolute atomic E-state index is 0.0140. The van der Waals surface area contributed by atoms with E-state index in [0.29, 0.717) is 47.3 Å². The summed E-state index contributed by atoms with van der Waals surface area (Å²) in [6.45, 7) is 3.24. The summed E-state index contributed by atoms with van der Waals surface area (Å²) in [5, 5.41) is 0. The number of esters is 1. The first kappa shape index (κ1) is 34.7. The molecule has 2 saturated heterocycles. The highest BCUT2D eigenvalue weighted by molar-refractivity contribution is 6.13. The van der Waals surface area contributed by atoms with Crippen LogP contribution < -0.4 is 18.9 Å². The highest BCUT2D eigenvalue weighted by Crippen LogP contribution is 2.32. The lowest BCUT2D eigenvalue weighted by Gasteiger charge is -2.24. The first-order valence-electron chi connectivity index (χ1n) is 15.9. The lowest BCUT2D eigenvalue weighted by Crippen LogP contribution is -2.25. The van der Waals surface area contributed by atoms with Gasteiger partial charge in [-0.25, -0.2) is 0 Å². The Morgan fingerprint density at radius 1 is 0.761 bits per heavy atom. The minimum atomic E-state index is -1.07. The van der Waals surface area contributed by atoms with Gasteiger partial charge < -0.3 is 33.2 Å². The lowest BCUT2D eigenvalue weighted by atomic mass is 9.92. The molecule has 0 radical (unpaired) electrons. The number of methoxy groups -OCH3 is 2. The molecule has 0 saturated carbocycles. The summed E-state index contributed by atoms with van der Waals surface area (Å²) in [5.74, 6) is -0.304. The zero-order valence-corrected chi connectivity index (χ0v) is 26.9. The van der Waals surface area contributed by atoms with Crippen LogP contribution in [0.2, 0.25) is 0 Å². The zero-order chi connectivity index (χ0) is 32.7. The van der Waals surface area contributed by atoms with Crippen molar-refractivity contribution in [1.82, 2.24) is 0 Å². The van der Waals surface area contributed by atoms with Gasteiger partial charge in [0.15, 0.2) is 47.1 Å². The van der Waals surface area contributed by atoms with E-state index >= 15 is 0 Å². The average molecular weight is 637 g/mol. The predicted molar refractivity (Wildman–Crippen MR) is 172 cm³/mol. The number of carbonyl (C=O) groups is 3. The smallest absolute Gasteiger partial charge is 0.305 e. The summed E-state index contributed by atoms with van der Waals surface area (Å²) < 4.78 is 39.3. The largest absolute Gasteiger partial charge is 0.493 e. The SMILES string of the molecule is CCOC(=O)CCC(C(=O)/C=C/c1ccc(OC2CCCCO2)c(OC)c1)C(=O)/C=C/c1ccc(OC2CCCCO2)c(OC)c1. The molecule has 248 valence electrons. The molecule has 2 heterocycles. The van der Waals surface area contributed by atoms with Crippen molar-refractivity contribution < 1.29 is 47.5 Å². The van der Waals surface area contributed by atoms with Crippen LogP contribution in [-0.2, 0) is 28.6 Å². The van der Waals surface area contributed by atoms with E-state index < -0.39 is 23.5 Å². The number of allylic oxidation sites excluding steroid dienone is 2. The second-order valence-corrected chi connectivity index (χ2v) is 11.0. The number of hydrogen-bond acceptors (Lipinski definition) is 10. The molecule has 2 aliphatic heterocycles. The van der Waals surface area contributed by atoms with Gasteiger partial charge in [-0.1, -0.05) is 24.3 Å². The fourth-order valence-electron chi connectivity index (χ4n) is 5.17. The Morgan fingerprint density at radius 3 is 1.67 bits per heavy atom. The molecule has 2 aliphatic rings. The third-order valence-corrected chi connectivity index (χ3v) is 7.68. The predicted octanol–water partition coefficient (Wildman–Crippen LogP) is 6.34. The van der Waals surface area contributed by atoms with Gasteiger partial charge >= 0.3 is 5.97 Å². The van der Waals surface area contributed by atoms with Crippen LogP contribution in [0.25, 0.3) is 12.2 Å². The van der Waals surface area contributed by atoms with Crippen molar-refractivity contribution in [3.05, 3.63) is 59.7 Å². The van der Waals surface area contributed by atoms with Crippen LogP contribution in [0.4, 0.5) is 0 Å². The van der Waals surface area contributed by atoms with E-state index in [4.69, 9.17) is 33.2 Å². The lowest BCUT2D eigenvalue weighted by molar-refractivity contribution is -0.143. The topological polar surface area (TPSA) is 116 Å². The van der Waals surface area contributed by atoms with Gasteiger partial charge in [-0.3, -0.25) is 14.4 Å². The normalized spacial score (nSPS) is 19.0. The van der Waals surface area contributed by atoms with Gasteiger partial charge in [0.25, 0.3) is 0 Å². The molecule has 0 spiro atoms. The van der Waals surface area contributed by atoms with Crippen LogP contribution in [-0.4, -0.2) is 64.2 Å². The van der Waals surface area contributed by atoms with Crippen LogP contribution in [0, 0.1) is 5.92 Å². The fourth-order valence-corrected chi connectivity index (χ4v) is 5.17. The molecule has 0 aliphatic carbocycles. The maximum Gasteiger partial charge on any atom is 0.305 e. The summed E-state index contributed by atoms with van der Waals surface area (Å²) in [4.78, 5) is 38.8. The molecule has 2 aromatic rings. The maximum absolute atomic E-state index is 13.3. The van der Waals surface area contributed by atoms with E-state index in [0.717, 1.165) is 38.5 Å². The van der Waals surface area contributed by atoms with Crippen molar-refractivity contribution in [1.29, 1.82) is 0 Å². The molecule has 10 heteroatoms. The Bertz CT molecular complexity index is 1280. The second-order valence-electron chi connectivity index (χ2n) is 11.0. The van der Waals surface area contributed by atoms with Crippen molar-refractivity contribution in [3.63, 3.8) is 0 Å². The summed E-state index contributed by atoms with van der Waals surface area (Å²) in [6, 6.07) is 10.6. The summed E-state index contributed by atoms with van der Waals surface area (Å²) >= 11 is 0. The summed E-state index contributed by atoms with van der Waals surface area (Å²) in [7, 11) is 3.08. The highest BCUT2D eigenvalue weighted by Gasteiger charge is 2.25. The number of benzene rings is 2. The van der Waals surface area contributed by atoms with Crippen molar-refractivity contribution >= 4 is 29.7 Å². The van der Waals surface area contributed by atoms with Crippen LogP contribution >= 0.6 is 0 Å². The van der Waals surface area contributed by atoms with Gasteiger partial charge in [-0.2, -0.15) is 0 Å². The molecular weight excluding hydrogens is 592 g/mol. The maximum atomic E-state index is 13.3. The Hall–Kier alpha value is -4.15. The quantitative estimate of drug-likeness (QED) is 0.117. The zero-order valence-electron chi connectivity index (χ0n) is 26.9. The van der Waals surface area contributed by atoms with E-state index in [1.807, 2.05) is 0 Å². The Kier molecular flexibility index (Phi) is 13.7.